The van der Waals surface area contributed by atoms with E-state index in [1.54, 1.807) is 12.4 Å². The van der Waals surface area contributed by atoms with Gasteiger partial charge in [-0.2, -0.15) is 0 Å². The van der Waals surface area contributed by atoms with Gasteiger partial charge in [0, 0.05) is 17.0 Å². The molecule has 6 heteroatoms. The van der Waals surface area contributed by atoms with Gasteiger partial charge in [0.25, 0.3) is 5.56 Å². The topological polar surface area (TPSA) is 51.9 Å². The maximum Gasteiger partial charge on any atom is 0.268 e. The van der Waals surface area contributed by atoms with E-state index in [9.17, 15) is 4.79 Å². The van der Waals surface area contributed by atoms with Gasteiger partial charge in [-0.05, 0) is 23.8 Å². The molecule has 0 aliphatic heterocycles. The van der Waals surface area contributed by atoms with E-state index in [1.165, 1.54) is 15.9 Å². The van der Waals surface area contributed by atoms with Crippen LogP contribution in [0.2, 0.25) is 0 Å². The number of aromatic amines is 2. The van der Waals surface area contributed by atoms with Crippen molar-refractivity contribution in [1.82, 2.24) is 9.55 Å². The lowest BCUT2D eigenvalue weighted by Gasteiger charge is -2.05. The van der Waals surface area contributed by atoms with Crippen molar-refractivity contribution >= 4 is 33.8 Å². The fraction of sp³-hybridized carbons (Fsp3) is 0. The van der Waals surface area contributed by atoms with Crippen LogP contribution >= 0.6 is 23.6 Å². The van der Waals surface area contributed by atoms with Gasteiger partial charge in [-0.15, -0.1) is 11.3 Å². The van der Waals surface area contributed by atoms with E-state index in [0.29, 0.717) is 15.8 Å². The molecule has 0 aliphatic carbocycles. The van der Waals surface area contributed by atoms with Gasteiger partial charge in [-0.1, -0.05) is 30.3 Å². The molecule has 0 amide bonds. The average molecular weight is 338 g/mol. The van der Waals surface area contributed by atoms with Crippen LogP contribution < -0.4 is 10.5 Å². The van der Waals surface area contributed by atoms with Crippen LogP contribution in [0.4, 0.5) is 0 Å². The fourth-order valence-corrected chi connectivity index (χ4v) is 3.92. The van der Waals surface area contributed by atoms with Crippen molar-refractivity contribution in [1.29, 1.82) is 0 Å². The first-order valence-corrected chi connectivity index (χ1v) is 8.33. The minimum absolute atomic E-state index is 0.108. The molecule has 4 rings (SSSR count). The summed E-state index contributed by atoms with van der Waals surface area (Å²) < 4.78 is 1.91. The Bertz CT molecular complexity index is 1100. The van der Waals surface area contributed by atoms with E-state index in [1.807, 2.05) is 47.8 Å². The number of H-pyrrole nitrogens is 2. The molecule has 112 valence electrons. The summed E-state index contributed by atoms with van der Waals surface area (Å²) in [5.74, 6) is 0. The van der Waals surface area contributed by atoms with Gasteiger partial charge >= 0.3 is 0 Å². The SMILES string of the molecule is O=c1c2c(-c3ccccc3)csc2[nH]c(=S)n1-c1ccc[nH+]c1. The Morgan fingerprint density at radius 3 is 2.70 bits per heavy atom. The summed E-state index contributed by atoms with van der Waals surface area (Å²) in [6.07, 6.45) is 3.55. The second-order valence-electron chi connectivity index (χ2n) is 5.05. The number of benzene rings is 1. The molecule has 0 spiro atoms. The first-order valence-electron chi connectivity index (χ1n) is 7.04. The molecule has 4 aromatic rings. The van der Waals surface area contributed by atoms with Crippen LogP contribution in [0.5, 0.6) is 0 Å². The lowest BCUT2D eigenvalue weighted by molar-refractivity contribution is -0.377. The van der Waals surface area contributed by atoms with Crippen LogP contribution in [0.1, 0.15) is 0 Å². The van der Waals surface area contributed by atoms with E-state index in [2.05, 4.69) is 9.97 Å². The molecule has 2 N–H and O–H groups in total. The number of rotatable bonds is 2. The van der Waals surface area contributed by atoms with Crippen molar-refractivity contribution in [2.45, 2.75) is 0 Å². The zero-order chi connectivity index (χ0) is 15.8. The smallest absolute Gasteiger partial charge is 0.268 e. The highest BCUT2D eigenvalue weighted by molar-refractivity contribution is 7.71. The van der Waals surface area contributed by atoms with E-state index in [0.717, 1.165) is 16.0 Å². The van der Waals surface area contributed by atoms with Crippen molar-refractivity contribution in [3.63, 3.8) is 0 Å². The third kappa shape index (κ3) is 2.32. The second-order valence-corrected chi connectivity index (χ2v) is 6.32. The Kier molecular flexibility index (Phi) is 3.40. The third-order valence-electron chi connectivity index (χ3n) is 3.67. The Balaban J connectivity index is 2.08. The lowest BCUT2D eigenvalue weighted by atomic mass is 10.1. The van der Waals surface area contributed by atoms with E-state index >= 15 is 0 Å². The number of fused-ring (bicyclic) bond motifs is 1. The van der Waals surface area contributed by atoms with Gasteiger partial charge in [-0.3, -0.25) is 4.79 Å². The molecule has 3 aromatic heterocycles. The number of pyridine rings is 1. The van der Waals surface area contributed by atoms with Crippen molar-refractivity contribution in [2.75, 3.05) is 0 Å². The Morgan fingerprint density at radius 2 is 1.96 bits per heavy atom. The summed E-state index contributed by atoms with van der Waals surface area (Å²) in [6, 6.07) is 13.6. The van der Waals surface area contributed by atoms with Gasteiger partial charge < -0.3 is 4.98 Å². The summed E-state index contributed by atoms with van der Waals surface area (Å²) in [5, 5.41) is 2.66. The van der Waals surface area contributed by atoms with Gasteiger partial charge in [0.1, 0.15) is 10.5 Å². The average Bonchev–Trinajstić information content (AvgIpc) is 3.00. The summed E-state index contributed by atoms with van der Waals surface area (Å²) in [4.78, 5) is 20.0. The van der Waals surface area contributed by atoms with E-state index in [4.69, 9.17) is 12.2 Å². The zero-order valence-corrected chi connectivity index (χ0v) is 13.6. The predicted molar refractivity (Wildman–Crippen MR) is 94.6 cm³/mol. The zero-order valence-electron chi connectivity index (χ0n) is 11.9. The molecule has 0 bridgehead atoms. The highest BCUT2D eigenvalue weighted by atomic mass is 32.1. The highest BCUT2D eigenvalue weighted by Gasteiger charge is 2.15. The standard InChI is InChI=1S/C17H11N3OS2/c21-16-14-13(11-5-2-1-3-6-11)10-23-15(14)19-17(22)20(16)12-7-4-8-18-9-12/h1-10H,(H,19,22)/p+1. The van der Waals surface area contributed by atoms with E-state index < -0.39 is 0 Å². The van der Waals surface area contributed by atoms with Crippen LogP contribution in [-0.2, 0) is 0 Å². The van der Waals surface area contributed by atoms with Crippen LogP contribution in [0.25, 0.3) is 27.0 Å². The van der Waals surface area contributed by atoms with Gasteiger partial charge in [0.05, 0.1) is 5.39 Å². The van der Waals surface area contributed by atoms with Gasteiger partial charge in [0.2, 0.25) is 0 Å². The molecule has 0 radical (unpaired) electrons. The molecular formula is C17H12N3OS2+. The fourth-order valence-electron chi connectivity index (χ4n) is 2.61. The molecule has 3 heterocycles. The summed E-state index contributed by atoms with van der Waals surface area (Å²) in [6.45, 7) is 0. The monoisotopic (exact) mass is 338 g/mol. The molecule has 0 saturated carbocycles. The third-order valence-corrected chi connectivity index (χ3v) is 4.85. The van der Waals surface area contributed by atoms with Crippen molar-refractivity contribution < 1.29 is 4.98 Å². The maximum absolute atomic E-state index is 13.1. The van der Waals surface area contributed by atoms with Crippen LogP contribution in [0, 0.1) is 4.77 Å². The first kappa shape index (κ1) is 14.0. The van der Waals surface area contributed by atoms with Crippen LogP contribution in [0.15, 0.2) is 65.0 Å². The minimum atomic E-state index is -0.108. The molecule has 1 aromatic carbocycles. The molecule has 0 fully saturated rings. The summed E-state index contributed by atoms with van der Waals surface area (Å²) in [7, 11) is 0. The summed E-state index contributed by atoms with van der Waals surface area (Å²) in [5.41, 5.74) is 2.55. The molecule has 4 nitrogen and oxygen atoms in total. The number of hydrogen-bond acceptors (Lipinski definition) is 3. The van der Waals surface area contributed by atoms with Crippen LogP contribution in [0.3, 0.4) is 0 Å². The number of aromatic nitrogens is 3. The minimum Gasteiger partial charge on any atom is -0.323 e. The molecule has 0 aliphatic rings. The second kappa shape index (κ2) is 5.57. The Hall–Kier alpha value is -2.57. The number of nitrogens with one attached hydrogen (secondary N) is 2. The Labute approximate surface area is 140 Å². The molecular weight excluding hydrogens is 326 g/mol. The molecule has 0 atom stereocenters. The quantitative estimate of drug-likeness (QED) is 0.568. The predicted octanol–water partition coefficient (Wildman–Crippen LogP) is 3.59. The van der Waals surface area contributed by atoms with E-state index in [-0.39, 0.29) is 5.56 Å². The molecule has 0 unspecified atom stereocenters. The lowest BCUT2D eigenvalue weighted by Crippen LogP contribution is -2.21. The number of nitrogens with zero attached hydrogens (tertiary/aromatic N) is 1. The number of thiophene rings is 1. The van der Waals surface area contributed by atoms with Crippen molar-refractivity contribution in [3.8, 4) is 16.8 Å². The maximum atomic E-state index is 13.1. The molecule has 0 saturated heterocycles. The van der Waals surface area contributed by atoms with Gasteiger partial charge in [-0.25, -0.2) is 9.55 Å². The number of hydrogen-bond donors (Lipinski definition) is 1. The van der Waals surface area contributed by atoms with Crippen LogP contribution in [-0.4, -0.2) is 9.55 Å². The van der Waals surface area contributed by atoms with Crippen molar-refractivity contribution in [3.05, 3.63) is 75.4 Å². The highest BCUT2D eigenvalue weighted by Crippen LogP contribution is 2.30. The molecule has 23 heavy (non-hydrogen) atoms. The van der Waals surface area contributed by atoms with Crippen molar-refractivity contribution in [2.24, 2.45) is 0 Å². The first-order chi connectivity index (χ1) is 11.3. The summed E-state index contributed by atoms with van der Waals surface area (Å²) >= 11 is 6.87. The Morgan fingerprint density at radius 1 is 1.13 bits per heavy atom. The van der Waals surface area contributed by atoms with Gasteiger partial charge in [0.15, 0.2) is 17.2 Å². The normalized spacial score (nSPS) is 11.0. The largest absolute Gasteiger partial charge is 0.323 e.